The number of carbonyl (C=O) groups is 2. The van der Waals surface area contributed by atoms with Crippen molar-refractivity contribution in [2.75, 3.05) is 20.1 Å². The van der Waals surface area contributed by atoms with E-state index in [9.17, 15) is 9.59 Å². The Bertz CT molecular complexity index is 350. The van der Waals surface area contributed by atoms with Crippen molar-refractivity contribution in [1.29, 1.82) is 0 Å². The van der Waals surface area contributed by atoms with Gasteiger partial charge < -0.3 is 14.9 Å². The van der Waals surface area contributed by atoms with Crippen molar-refractivity contribution in [2.24, 2.45) is 5.41 Å². The van der Waals surface area contributed by atoms with Gasteiger partial charge in [0.2, 0.25) is 0 Å². The minimum atomic E-state index is -0.786. The van der Waals surface area contributed by atoms with Gasteiger partial charge in [-0.15, -0.1) is 0 Å². The number of carboxylic acids is 1. The summed E-state index contributed by atoms with van der Waals surface area (Å²) < 4.78 is 0. The number of aliphatic carboxylic acids is 1. The number of rotatable bonds is 4. The predicted molar refractivity (Wildman–Crippen MR) is 78.7 cm³/mol. The van der Waals surface area contributed by atoms with Crippen LogP contribution < -0.4 is 0 Å². The van der Waals surface area contributed by atoms with Crippen molar-refractivity contribution in [3.63, 3.8) is 0 Å². The van der Waals surface area contributed by atoms with Gasteiger partial charge in [-0.05, 0) is 31.1 Å². The van der Waals surface area contributed by atoms with Crippen LogP contribution in [-0.4, -0.2) is 53.1 Å². The Labute approximate surface area is 121 Å². The molecule has 1 fully saturated rings. The molecule has 116 valence electrons. The van der Waals surface area contributed by atoms with Crippen LogP contribution in [0, 0.1) is 5.41 Å². The summed E-state index contributed by atoms with van der Waals surface area (Å²) in [5, 5.41) is 8.82. The number of hydrogen-bond acceptors (Lipinski definition) is 2. The molecule has 0 spiro atoms. The topological polar surface area (TPSA) is 60.9 Å². The summed E-state index contributed by atoms with van der Waals surface area (Å²) in [5.74, 6) is -0.786. The third-order valence-corrected chi connectivity index (χ3v) is 3.60. The first-order valence-electron chi connectivity index (χ1n) is 7.44. The number of likely N-dealkylation sites (tertiary alicyclic amines) is 1. The van der Waals surface area contributed by atoms with Gasteiger partial charge in [0.05, 0.1) is 0 Å². The number of hydrogen-bond donors (Lipinski definition) is 1. The molecule has 5 heteroatoms. The Kier molecular flexibility index (Phi) is 5.84. The van der Waals surface area contributed by atoms with Gasteiger partial charge in [-0.3, -0.25) is 4.79 Å². The molecule has 0 bridgehead atoms. The number of carboxylic acid groups (broad SMARTS) is 1. The van der Waals surface area contributed by atoms with Crippen LogP contribution in [0.1, 0.15) is 52.9 Å². The molecule has 2 amide bonds. The minimum absolute atomic E-state index is 0.0370. The molecule has 5 nitrogen and oxygen atoms in total. The molecule has 1 unspecified atom stereocenters. The third-order valence-electron chi connectivity index (χ3n) is 3.60. The van der Waals surface area contributed by atoms with E-state index in [1.807, 2.05) is 11.9 Å². The minimum Gasteiger partial charge on any atom is -0.481 e. The summed E-state index contributed by atoms with van der Waals surface area (Å²) >= 11 is 0. The molecule has 1 heterocycles. The lowest BCUT2D eigenvalue weighted by Crippen LogP contribution is -2.50. The molecule has 20 heavy (non-hydrogen) atoms. The molecule has 0 aromatic rings. The van der Waals surface area contributed by atoms with E-state index in [4.69, 9.17) is 5.11 Å². The van der Waals surface area contributed by atoms with E-state index in [0.29, 0.717) is 13.0 Å². The monoisotopic (exact) mass is 284 g/mol. The van der Waals surface area contributed by atoms with Gasteiger partial charge >= 0.3 is 12.0 Å². The largest absolute Gasteiger partial charge is 0.481 e. The van der Waals surface area contributed by atoms with E-state index in [0.717, 1.165) is 25.8 Å². The van der Waals surface area contributed by atoms with Gasteiger partial charge in [0.15, 0.2) is 0 Å². The van der Waals surface area contributed by atoms with Crippen molar-refractivity contribution in [1.82, 2.24) is 9.80 Å². The number of amides is 2. The molecule has 0 radical (unpaired) electrons. The smallest absolute Gasteiger partial charge is 0.320 e. The predicted octanol–water partition coefficient (Wildman–Crippen LogP) is 2.80. The van der Waals surface area contributed by atoms with Crippen LogP contribution in [0.2, 0.25) is 0 Å². The van der Waals surface area contributed by atoms with Crippen LogP contribution in [0.4, 0.5) is 4.79 Å². The maximum absolute atomic E-state index is 12.5. The van der Waals surface area contributed by atoms with Gasteiger partial charge in [-0.1, -0.05) is 20.8 Å². The Hall–Kier alpha value is -1.26. The molecule has 1 saturated heterocycles. The molecule has 1 aliphatic rings. The zero-order valence-corrected chi connectivity index (χ0v) is 13.2. The average Bonchev–Trinajstić information content (AvgIpc) is 2.33. The maximum atomic E-state index is 12.5. The number of nitrogens with zero attached hydrogens (tertiary/aromatic N) is 2. The Balaban J connectivity index is 2.64. The lowest BCUT2D eigenvalue weighted by molar-refractivity contribution is -0.137. The SMILES string of the molecule is CN(CC(C)(C)C)C(=O)N1CCCCC1CCC(=O)O. The molecule has 0 aliphatic carbocycles. The van der Waals surface area contributed by atoms with Gasteiger partial charge in [0.25, 0.3) is 0 Å². The molecule has 0 saturated carbocycles. The summed E-state index contributed by atoms with van der Waals surface area (Å²) in [5.41, 5.74) is 0.0662. The molecule has 0 aromatic carbocycles. The molecule has 1 N–H and O–H groups in total. The number of urea groups is 1. The maximum Gasteiger partial charge on any atom is 0.320 e. The molecular formula is C15H28N2O3. The second-order valence-electron chi connectivity index (χ2n) is 6.97. The first kappa shape index (κ1) is 16.8. The molecule has 0 aromatic heterocycles. The highest BCUT2D eigenvalue weighted by atomic mass is 16.4. The highest BCUT2D eigenvalue weighted by Gasteiger charge is 2.30. The molecule has 1 aliphatic heterocycles. The highest BCUT2D eigenvalue weighted by molar-refractivity contribution is 5.75. The van der Waals surface area contributed by atoms with Gasteiger partial charge in [0.1, 0.15) is 0 Å². The first-order chi connectivity index (χ1) is 9.20. The Morgan fingerprint density at radius 1 is 1.30 bits per heavy atom. The Morgan fingerprint density at radius 3 is 2.50 bits per heavy atom. The number of piperidine rings is 1. The Morgan fingerprint density at radius 2 is 1.95 bits per heavy atom. The van der Waals surface area contributed by atoms with Crippen LogP contribution in [-0.2, 0) is 4.79 Å². The quantitative estimate of drug-likeness (QED) is 0.863. The van der Waals surface area contributed by atoms with E-state index >= 15 is 0 Å². The van der Waals surface area contributed by atoms with Crippen LogP contribution in [0.3, 0.4) is 0 Å². The van der Waals surface area contributed by atoms with Gasteiger partial charge in [-0.2, -0.15) is 0 Å². The highest BCUT2D eigenvalue weighted by Crippen LogP contribution is 2.23. The van der Waals surface area contributed by atoms with Crippen molar-refractivity contribution in [3.05, 3.63) is 0 Å². The fourth-order valence-electron chi connectivity index (χ4n) is 2.84. The van der Waals surface area contributed by atoms with Crippen LogP contribution >= 0.6 is 0 Å². The van der Waals surface area contributed by atoms with Crippen molar-refractivity contribution >= 4 is 12.0 Å². The first-order valence-corrected chi connectivity index (χ1v) is 7.44. The summed E-state index contributed by atoms with van der Waals surface area (Å²) in [4.78, 5) is 26.9. The van der Waals surface area contributed by atoms with E-state index < -0.39 is 5.97 Å². The van der Waals surface area contributed by atoms with E-state index in [1.165, 1.54) is 0 Å². The van der Waals surface area contributed by atoms with Crippen molar-refractivity contribution in [3.8, 4) is 0 Å². The fraction of sp³-hybridized carbons (Fsp3) is 0.867. The summed E-state index contributed by atoms with van der Waals surface area (Å²) in [6.45, 7) is 7.77. The third kappa shape index (κ3) is 5.39. The van der Waals surface area contributed by atoms with Crippen LogP contribution in [0.5, 0.6) is 0 Å². The zero-order chi connectivity index (χ0) is 15.3. The van der Waals surface area contributed by atoms with Crippen molar-refractivity contribution in [2.45, 2.75) is 58.9 Å². The second kappa shape index (κ2) is 6.95. The number of carbonyl (C=O) groups excluding carboxylic acids is 1. The normalized spacial score (nSPS) is 19.8. The van der Waals surface area contributed by atoms with E-state index in [1.54, 1.807) is 4.90 Å². The second-order valence-corrected chi connectivity index (χ2v) is 6.97. The van der Waals surface area contributed by atoms with E-state index in [-0.39, 0.29) is 23.9 Å². The zero-order valence-electron chi connectivity index (χ0n) is 13.2. The van der Waals surface area contributed by atoms with Crippen LogP contribution in [0.25, 0.3) is 0 Å². The van der Waals surface area contributed by atoms with Gasteiger partial charge in [-0.25, -0.2) is 4.79 Å². The average molecular weight is 284 g/mol. The molecule has 1 rings (SSSR count). The lowest BCUT2D eigenvalue weighted by Gasteiger charge is -2.39. The lowest BCUT2D eigenvalue weighted by atomic mass is 9.96. The van der Waals surface area contributed by atoms with Crippen LogP contribution in [0.15, 0.2) is 0 Å². The molecular weight excluding hydrogens is 256 g/mol. The van der Waals surface area contributed by atoms with Gasteiger partial charge in [0, 0.05) is 32.6 Å². The van der Waals surface area contributed by atoms with E-state index in [2.05, 4.69) is 20.8 Å². The summed E-state index contributed by atoms with van der Waals surface area (Å²) in [7, 11) is 1.83. The molecule has 1 atom stereocenters. The van der Waals surface area contributed by atoms with Crippen molar-refractivity contribution < 1.29 is 14.7 Å². The fourth-order valence-corrected chi connectivity index (χ4v) is 2.84. The standard InChI is InChI=1S/C15H28N2O3/c1-15(2,3)11-16(4)14(20)17-10-6-5-7-12(17)8-9-13(18)19/h12H,5-11H2,1-4H3,(H,18,19). The summed E-state index contributed by atoms with van der Waals surface area (Å²) in [6, 6.07) is 0.116. The summed E-state index contributed by atoms with van der Waals surface area (Å²) in [6.07, 6.45) is 3.71.